The predicted octanol–water partition coefficient (Wildman–Crippen LogP) is 3.15. The molecule has 2 atom stereocenters. The van der Waals surface area contributed by atoms with E-state index in [0.717, 1.165) is 42.0 Å². The average Bonchev–Trinajstić information content (AvgIpc) is 3.16. The van der Waals surface area contributed by atoms with Gasteiger partial charge in [-0.15, -0.1) is 0 Å². The van der Waals surface area contributed by atoms with Crippen molar-refractivity contribution in [1.29, 1.82) is 0 Å². The summed E-state index contributed by atoms with van der Waals surface area (Å²) in [6, 6.07) is 16.0. The van der Waals surface area contributed by atoms with Crippen molar-refractivity contribution >= 4 is 5.91 Å². The summed E-state index contributed by atoms with van der Waals surface area (Å²) in [5.41, 5.74) is 3.28. The van der Waals surface area contributed by atoms with Gasteiger partial charge in [0.15, 0.2) is 0 Å². The number of para-hydroxylation sites is 1. The molecule has 25 heavy (non-hydrogen) atoms. The summed E-state index contributed by atoms with van der Waals surface area (Å²) < 4.78 is 6.12. The van der Waals surface area contributed by atoms with Crippen molar-refractivity contribution in [2.24, 2.45) is 5.92 Å². The molecule has 0 saturated carbocycles. The molecule has 0 aliphatic carbocycles. The van der Waals surface area contributed by atoms with Crippen molar-refractivity contribution in [2.45, 2.75) is 26.3 Å². The lowest BCUT2D eigenvalue weighted by atomic mass is 10.0. The summed E-state index contributed by atoms with van der Waals surface area (Å²) in [4.78, 5) is 12.6. The molecule has 132 valence electrons. The molecular formula is C21H26N2O2. The van der Waals surface area contributed by atoms with E-state index in [1.807, 2.05) is 62.4 Å². The van der Waals surface area contributed by atoms with Crippen molar-refractivity contribution < 1.29 is 9.53 Å². The number of hydrogen-bond donors (Lipinski definition) is 2. The Hall–Kier alpha value is -2.33. The Morgan fingerprint density at radius 2 is 1.88 bits per heavy atom. The molecule has 1 fully saturated rings. The summed E-state index contributed by atoms with van der Waals surface area (Å²) in [6.07, 6.45) is 0.894. The van der Waals surface area contributed by atoms with Crippen LogP contribution < -0.4 is 15.4 Å². The summed E-state index contributed by atoms with van der Waals surface area (Å²) in [5, 5.41) is 6.43. The monoisotopic (exact) mass is 338 g/mol. The molecular weight excluding hydrogens is 312 g/mol. The summed E-state index contributed by atoms with van der Waals surface area (Å²) in [6.45, 7) is 6.17. The maximum atomic E-state index is 12.6. The van der Waals surface area contributed by atoms with Crippen molar-refractivity contribution in [3.05, 3.63) is 65.2 Å². The minimum atomic E-state index is -0.159. The van der Waals surface area contributed by atoms with Crippen LogP contribution in [0.2, 0.25) is 0 Å². The van der Waals surface area contributed by atoms with Gasteiger partial charge in [-0.25, -0.2) is 0 Å². The first-order valence-corrected chi connectivity index (χ1v) is 8.90. The lowest BCUT2D eigenvalue weighted by molar-refractivity contribution is -0.125. The zero-order chi connectivity index (χ0) is 17.6. The maximum absolute atomic E-state index is 12.6. The number of aryl methyl sites for hydroxylation is 2. The normalized spacial score (nSPS) is 17.9. The third-order valence-corrected chi connectivity index (χ3v) is 4.75. The Kier molecular flexibility index (Phi) is 5.71. The van der Waals surface area contributed by atoms with Crippen molar-refractivity contribution in [2.75, 3.05) is 19.7 Å². The van der Waals surface area contributed by atoms with Crippen LogP contribution in [0.15, 0.2) is 48.5 Å². The van der Waals surface area contributed by atoms with E-state index >= 15 is 0 Å². The van der Waals surface area contributed by atoms with Crippen molar-refractivity contribution in [1.82, 2.24) is 10.6 Å². The van der Waals surface area contributed by atoms with Crippen LogP contribution in [-0.2, 0) is 4.79 Å². The highest BCUT2D eigenvalue weighted by molar-refractivity contribution is 5.79. The third kappa shape index (κ3) is 4.40. The average molecular weight is 338 g/mol. The van der Waals surface area contributed by atoms with Gasteiger partial charge < -0.3 is 15.4 Å². The molecule has 0 spiro atoms. The van der Waals surface area contributed by atoms with Crippen molar-refractivity contribution in [3.63, 3.8) is 0 Å². The number of carbonyl (C=O) groups is 1. The second-order valence-electron chi connectivity index (χ2n) is 6.69. The number of hydrogen-bond acceptors (Lipinski definition) is 3. The molecule has 0 radical (unpaired) electrons. The lowest BCUT2D eigenvalue weighted by Crippen LogP contribution is -2.37. The van der Waals surface area contributed by atoms with Gasteiger partial charge in [-0.1, -0.05) is 48.5 Å². The van der Waals surface area contributed by atoms with E-state index in [9.17, 15) is 4.79 Å². The Balaban J connectivity index is 1.73. The molecule has 2 unspecified atom stereocenters. The second-order valence-corrected chi connectivity index (χ2v) is 6.69. The number of ether oxygens (including phenoxy) is 1. The van der Waals surface area contributed by atoms with Gasteiger partial charge in [0.25, 0.3) is 0 Å². The van der Waals surface area contributed by atoms with E-state index < -0.39 is 0 Å². The molecule has 2 aromatic rings. The minimum Gasteiger partial charge on any atom is -0.491 e. The molecule has 0 bridgehead atoms. The van der Waals surface area contributed by atoms with Gasteiger partial charge in [0.05, 0.1) is 12.0 Å². The zero-order valence-electron chi connectivity index (χ0n) is 14.9. The van der Waals surface area contributed by atoms with Gasteiger partial charge in [0, 0.05) is 6.54 Å². The molecule has 1 aliphatic heterocycles. The standard InChI is InChI=1S/C21H26N2O2/c1-15-7-6-8-16(2)20(15)25-14-19(17-9-4-3-5-10-17)23-21(24)18-11-12-22-13-18/h3-10,18-19,22H,11-14H2,1-2H3,(H,23,24). The van der Waals surface area contributed by atoms with Gasteiger partial charge in [0.2, 0.25) is 5.91 Å². The van der Waals surface area contributed by atoms with E-state index in [-0.39, 0.29) is 17.9 Å². The van der Waals surface area contributed by atoms with Crippen molar-refractivity contribution in [3.8, 4) is 5.75 Å². The quantitative estimate of drug-likeness (QED) is 0.851. The Labute approximate surface area is 149 Å². The zero-order valence-corrected chi connectivity index (χ0v) is 14.9. The Bertz CT molecular complexity index is 689. The fourth-order valence-electron chi connectivity index (χ4n) is 3.27. The van der Waals surface area contributed by atoms with E-state index in [1.165, 1.54) is 0 Å². The number of benzene rings is 2. The molecule has 1 saturated heterocycles. The first-order valence-electron chi connectivity index (χ1n) is 8.90. The summed E-state index contributed by atoms with van der Waals surface area (Å²) in [5.74, 6) is 1.05. The highest BCUT2D eigenvalue weighted by Gasteiger charge is 2.25. The van der Waals surface area contributed by atoms with Gasteiger partial charge in [-0.05, 0) is 43.5 Å². The van der Waals surface area contributed by atoms with Crippen LogP contribution in [0.5, 0.6) is 5.75 Å². The van der Waals surface area contributed by atoms with Crippen LogP contribution in [0.3, 0.4) is 0 Å². The van der Waals surface area contributed by atoms with E-state index in [0.29, 0.717) is 6.61 Å². The Morgan fingerprint density at radius 3 is 2.52 bits per heavy atom. The minimum absolute atomic E-state index is 0.0476. The van der Waals surface area contributed by atoms with Crippen LogP contribution in [0.25, 0.3) is 0 Å². The largest absolute Gasteiger partial charge is 0.491 e. The van der Waals surface area contributed by atoms with Crippen LogP contribution in [-0.4, -0.2) is 25.6 Å². The van der Waals surface area contributed by atoms with Gasteiger partial charge in [0.1, 0.15) is 12.4 Å². The number of carbonyl (C=O) groups excluding carboxylic acids is 1. The number of amides is 1. The second kappa shape index (κ2) is 8.17. The topological polar surface area (TPSA) is 50.4 Å². The summed E-state index contributed by atoms with van der Waals surface area (Å²) in [7, 11) is 0. The van der Waals surface area contributed by atoms with Crippen LogP contribution in [0.1, 0.15) is 29.2 Å². The van der Waals surface area contributed by atoms with Gasteiger partial charge >= 0.3 is 0 Å². The van der Waals surface area contributed by atoms with Crippen LogP contribution >= 0.6 is 0 Å². The molecule has 1 heterocycles. The smallest absolute Gasteiger partial charge is 0.225 e. The fraction of sp³-hybridized carbons (Fsp3) is 0.381. The first-order chi connectivity index (χ1) is 12.1. The maximum Gasteiger partial charge on any atom is 0.225 e. The highest BCUT2D eigenvalue weighted by atomic mass is 16.5. The van der Waals surface area contributed by atoms with Crippen LogP contribution in [0, 0.1) is 19.8 Å². The molecule has 2 N–H and O–H groups in total. The summed E-state index contributed by atoms with van der Waals surface area (Å²) >= 11 is 0. The lowest BCUT2D eigenvalue weighted by Gasteiger charge is -2.22. The molecule has 1 aliphatic rings. The number of nitrogens with one attached hydrogen (secondary N) is 2. The van der Waals surface area contributed by atoms with Gasteiger partial charge in [-0.3, -0.25) is 4.79 Å². The molecule has 1 amide bonds. The predicted molar refractivity (Wildman–Crippen MR) is 99.7 cm³/mol. The molecule has 0 aromatic heterocycles. The van der Waals surface area contributed by atoms with E-state index in [1.54, 1.807) is 0 Å². The third-order valence-electron chi connectivity index (χ3n) is 4.75. The molecule has 2 aromatic carbocycles. The molecule has 4 nitrogen and oxygen atoms in total. The molecule has 4 heteroatoms. The van der Waals surface area contributed by atoms with E-state index in [4.69, 9.17) is 4.74 Å². The number of rotatable bonds is 6. The highest BCUT2D eigenvalue weighted by Crippen LogP contribution is 2.24. The van der Waals surface area contributed by atoms with Gasteiger partial charge in [-0.2, -0.15) is 0 Å². The van der Waals surface area contributed by atoms with E-state index in [2.05, 4.69) is 10.6 Å². The SMILES string of the molecule is Cc1cccc(C)c1OCC(NC(=O)C1CCNC1)c1ccccc1. The Morgan fingerprint density at radius 1 is 1.16 bits per heavy atom. The first kappa shape index (κ1) is 17.5. The molecule has 3 rings (SSSR count). The fourth-order valence-corrected chi connectivity index (χ4v) is 3.27. The van der Waals surface area contributed by atoms with Crippen LogP contribution in [0.4, 0.5) is 0 Å².